The molecular weight excluding hydrogens is 641 g/mol. The van der Waals surface area contributed by atoms with Crippen LogP contribution >= 0.6 is 0 Å². The number of nitrogens with one attached hydrogen (secondary N) is 2. The molecule has 48 heavy (non-hydrogen) atoms. The fourth-order valence-corrected chi connectivity index (χ4v) is 5.39. The summed E-state index contributed by atoms with van der Waals surface area (Å²) in [6.07, 6.45) is -1.66. The molecule has 2 saturated heterocycles. The summed E-state index contributed by atoms with van der Waals surface area (Å²) in [4.78, 5) is 45.2. The topological polar surface area (TPSA) is 151 Å². The molecule has 5 heterocycles. The molecule has 2 aliphatic heterocycles. The number of alkyl carbamates (subject to hydrolysis) is 1. The normalized spacial score (nSPS) is 17.4. The number of carbonyl (C=O) groups excluding carboxylic acids is 2. The number of nitrogens with zero attached hydrogens (tertiary/aromatic N) is 6. The first-order valence-corrected chi connectivity index (χ1v) is 15.1. The molecule has 0 spiro atoms. The summed E-state index contributed by atoms with van der Waals surface area (Å²) in [7, 11) is 0. The maximum atomic E-state index is 13.9. The van der Waals surface area contributed by atoms with E-state index in [1.54, 1.807) is 26.8 Å². The summed E-state index contributed by atoms with van der Waals surface area (Å²) in [5.41, 5.74) is 2.86. The van der Waals surface area contributed by atoms with E-state index >= 15 is 0 Å². The third kappa shape index (κ3) is 7.99. The summed E-state index contributed by atoms with van der Waals surface area (Å²) in [5.74, 6) is -3.69. The van der Waals surface area contributed by atoms with Crippen molar-refractivity contribution < 1.29 is 36.3 Å². The number of piperidine rings is 1. The average Bonchev–Trinajstić information content (AvgIpc) is 2.97. The number of rotatable bonds is 8. The number of ketones is 1. The monoisotopic (exact) mass is 677 g/mol. The van der Waals surface area contributed by atoms with Gasteiger partial charge in [0.25, 0.3) is 5.92 Å². The molecule has 12 nitrogen and oxygen atoms in total. The maximum Gasteiger partial charge on any atom is 0.418 e. The van der Waals surface area contributed by atoms with Crippen LogP contribution in [0.4, 0.5) is 49.9 Å². The van der Waals surface area contributed by atoms with Crippen LogP contribution in [-0.2, 0) is 10.9 Å². The van der Waals surface area contributed by atoms with E-state index in [2.05, 4.69) is 35.5 Å². The number of halogens is 5. The molecular formula is C31H36F5N9O3. The van der Waals surface area contributed by atoms with Gasteiger partial charge in [-0.2, -0.15) is 13.2 Å². The van der Waals surface area contributed by atoms with Gasteiger partial charge in [-0.25, -0.2) is 33.5 Å². The highest BCUT2D eigenvalue weighted by atomic mass is 19.4. The lowest BCUT2D eigenvalue weighted by Gasteiger charge is -2.41. The number of carbonyl (C=O) groups is 2. The summed E-state index contributed by atoms with van der Waals surface area (Å²) >= 11 is 0. The molecule has 0 saturated carbocycles. The van der Waals surface area contributed by atoms with Gasteiger partial charge in [-0.1, -0.05) is 0 Å². The van der Waals surface area contributed by atoms with E-state index in [9.17, 15) is 31.5 Å². The minimum atomic E-state index is -4.86. The number of pyridine rings is 2. The number of anilines is 4. The Morgan fingerprint density at radius 3 is 2.33 bits per heavy atom. The van der Waals surface area contributed by atoms with Gasteiger partial charge in [0.15, 0.2) is 11.5 Å². The minimum Gasteiger partial charge on any atom is -0.444 e. The summed E-state index contributed by atoms with van der Waals surface area (Å²) < 4.78 is 74.1. The van der Waals surface area contributed by atoms with Gasteiger partial charge in [0.1, 0.15) is 28.6 Å². The lowest BCUT2D eigenvalue weighted by molar-refractivity contribution is -0.137. The van der Waals surface area contributed by atoms with Crippen molar-refractivity contribution in [1.82, 2.24) is 25.3 Å². The van der Waals surface area contributed by atoms with Gasteiger partial charge in [-0.3, -0.25) is 4.79 Å². The van der Waals surface area contributed by atoms with E-state index in [1.807, 2.05) is 13.0 Å². The van der Waals surface area contributed by atoms with Gasteiger partial charge in [0, 0.05) is 24.8 Å². The van der Waals surface area contributed by atoms with Gasteiger partial charge in [0.2, 0.25) is 5.78 Å². The van der Waals surface area contributed by atoms with Crippen LogP contribution in [0.3, 0.4) is 0 Å². The average molecular weight is 678 g/mol. The molecule has 17 heteroatoms. The number of nitrogen functional groups attached to an aromatic ring is 1. The van der Waals surface area contributed by atoms with Crippen molar-refractivity contribution in [3.05, 3.63) is 47.9 Å². The SMILES string of the molecule is CC1(NC(=O)OC(C)(C)C)CCN(c2cccnc2NCC(=O)c2nc(-c3nc(N4CC(F)(F)C4)ccc3C(F)(F)F)cnc2N)CC1. The zero-order chi connectivity index (χ0) is 35.1. The molecule has 0 aliphatic carbocycles. The van der Waals surface area contributed by atoms with Crippen LogP contribution in [0.5, 0.6) is 0 Å². The first-order chi connectivity index (χ1) is 22.3. The molecule has 0 atom stereocenters. The Labute approximate surface area is 273 Å². The van der Waals surface area contributed by atoms with Gasteiger partial charge in [0.05, 0.1) is 37.1 Å². The molecule has 3 aromatic heterocycles. The van der Waals surface area contributed by atoms with Crippen molar-refractivity contribution in [2.75, 3.05) is 53.6 Å². The van der Waals surface area contributed by atoms with E-state index in [0.29, 0.717) is 37.4 Å². The first kappa shape index (κ1) is 34.5. The molecule has 3 aromatic rings. The smallest absolute Gasteiger partial charge is 0.418 e. The van der Waals surface area contributed by atoms with E-state index in [4.69, 9.17) is 10.5 Å². The van der Waals surface area contributed by atoms with Crippen molar-refractivity contribution in [3.63, 3.8) is 0 Å². The lowest BCUT2D eigenvalue weighted by Crippen LogP contribution is -2.56. The number of hydrogen-bond acceptors (Lipinski definition) is 11. The van der Waals surface area contributed by atoms with Gasteiger partial charge in [-0.05, 0) is 64.8 Å². The Bertz CT molecular complexity index is 1680. The number of Topliss-reactive ketones (excluding diaryl/α,β-unsaturated/α-hetero) is 1. The van der Waals surface area contributed by atoms with E-state index < -0.39 is 70.9 Å². The van der Waals surface area contributed by atoms with Gasteiger partial charge < -0.3 is 30.9 Å². The van der Waals surface area contributed by atoms with Crippen LogP contribution in [0.1, 0.15) is 56.6 Å². The maximum absolute atomic E-state index is 13.9. The molecule has 0 unspecified atom stereocenters. The van der Waals surface area contributed by atoms with Crippen LogP contribution in [0.2, 0.25) is 0 Å². The van der Waals surface area contributed by atoms with E-state index in [-0.39, 0.29) is 18.2 Å². The Morgan fingerprint density at radius 2 is 1.71 bits per heavy atom. The predicted octanol–water partition coefficient (Wildman–Crippen LogP) is 5.17. The molecule has 1 amide bonds. The first-order valence-electron chi connectivity index (χ1n) is 15.1. The standard InChI is InChI=1S/C31H36F5N9O3/c1-28(2,3)48-27(47)43-29(4)9-12-44(13-10-29)20-6-5-11-38-26(20)40-15-21(46)24-25(37)39-14-19(41-24)23-18(31(34,35)36)7-8-22(42-23)45-16-30(32,33)17-45/h5-8,11,14H,9-10,12-13,15-17H2,1-4H3,(H2,37,39)(H,38,40)(H,43,47). The van der Waals surface area contributed by atoms with Crippen LogP contribution in [0.25, 0.3) is 11.4 Å². The fraction of sp³-hybridized carbons (Fsp3) is 0.484. The molecule has 0 radical (unpaired) electrons. The van der Waals surface area contributed by atoms with Crippen LogP contribution in [0, 0.1) is 0 Å². The quantitative estimate of drug-likeness (QED) is 0.214. The van der Waals surface area contributed by atoms with Gasteiger partial charge >= 0.3 is 12.3 Å². The molecule has 5 rings (SSSR count). The van der Waals surface area contributed by atoms with Gasteiger partial charge in [-0.15, -0.1) is 0 Å². The van der Waals surface area contributed by atoms with Crippen molar-refractivity contribution in [2.24, 2.45) is 0 Å². The third-order valence-corrected chi connectivity index (χ3v) is 7.88. The fourth-order valence-electron chi connectivity index (χ4n) is 5.39. The van der Waals surface area contributed by atoms with Crippen LogP contribution in [0.15, 0.2) is 36.7 Å². The third-order valence-electron chi connectivity index (χ3n) is 7.88. The van der Waals surface area contributed by atoms with Crippen molar-refractivity contribution in [3.8, 4) is 11.4 Å². The van der Waals surface area contributed by atoms with E-state index in [0.717, 1.165) is 23.2 Å². The Balaban J connectivity index is 1.30. The number of aromatic nitrogens is 4. The second-order valence-corrected chi connectivity index (χ2v) is 13.1. The highest BCUT2D eigenvalue weighted by Gasteiger charge is 2.45. The predicted molar refractivity (Wildman–Crippen MR) is 168 cm³/mol. The summed E-state index contributed by atoms with van der Waals surface area (Å²) in [5, 5.41) is 5.93. The Kier molecular flexibility index (Phi) is 9.09. The number of alkyl halides is 5. The molecule has 2 aliphatic rings. The summed E-state index contributed by atoms with van der Waals surface area (Å²) in [6, 6.07) is 5.30. The second kappa shape index (κ2) is 12.6. The Morgan fingerprint density at radius 1 is 1.02 bits per heavy atom. The van der Waals surface area contributed by atoms with Crippen molar-refractivity contribution in [2.45, 2.75) is 63.8 Å². The van der Waals surface area contributed by atoms with Crippen LogP contribution in [-0.4, -0.2) is 81.6 Å². The number of ether oxygens (including phenoxy) is 1. The second-order valence-electron chi connectivity index (χ2n) is 13.1. The Hall–Kier alpha value is -4.83. The molecule has 0 aromatic carbocycles. The van der Waals surface area contributed by atoms with Crippen molar-refractivity contribution in [1.29, 1.82) is 0 Å². The lowest BCUT2D eigenvalue weighted by atomic mass is 9.89. The molecule has 258 valence electrons. The molecule has 2 fully saturated rings. The highest BCUT2D eigenvalue weighted by molar-refractivity contribution is 6.01. The number of amides is 1. The largest absolute Gasteiger partial charge is 0.444 e. The zero-order valence-corrected chi connectivity index (χ0v) is 26.8. The molecule has 0 bridgehead atoms. The number of nitrogens with two attached hydrogens (primary N) is 1. The van der Waals surface area contributed by atoms with E-state index in [1.165, 1.54) is 6.20 Å². The molecule has 4 N–H and O–H groups in total. The number of hydrogen-bond donors (Lipinski definition) is 3. The zero-order valence-electron chi connectivity index (χ0n) is 26.8. The van der Waals surface area contributed by atoms with Crippen molar-refractivity contribution >= 4 is 35.0 Å². The van der Waals surface area contributed by atoms with Crippen LogP contribution < -0.4 is 26.2 Å². The summed E-state index contributed by atoms with van der Waals surface area (Å²) in [6.45, 7) is 6.68. The minimum absolute atomic E-state index is 0.0987. The highest BCUT2D eigenvalue weighted by Crippen LogP contribution is 2.39.